The summed E-state index contributed by atoms with van der Waals surface area (Å²) in [6, 6.07) is 15.8. The van der Waals surface area contributed by atoms with Crippen molar-refractivity contribution in [2.45, 2.75) is 31.4 Å². The molecule has 2 unspecified atom stereocenters. The molecule has 228 valence electrons. The molecule has 3 aliphatic heterocycles. The topological polar surface area (TPSA) is 103 Å². The Bertz CT molecular complexity index is 1640. The smallest absolute Gasteiger partial charge is 0.335 e. The van der Waals surface area contributed by atoms with Crippen LogP contribution in [0.2, 0.25) is 5.02 Å². The van der Waals surface area contributed by atoms with E-state index in [0.29, 0.717) is 18.5 Å². The summed E-state index contributed by atoms with van der Waals surface area (Å²) in [4.78, 5) is 51.2. The summed E-state index contributed by atoms with van der Waals surface area (Å²) >= 11 is 5.96. The van der Waals surface area contributed by atoms with Gasteiger partial charge >= 0.3 is 5.97 Å². The van der Waals surface area contributed by atoms with E-state index in [-0.39, 0.29) is 40.5 Å². The van der Waals surface area contributed by atoms with Gasteiger partial charge in [-0.2, -0.15) is 0 Å². The molecule has 1 fully saturated rings. The van der Waals surface area contributed by atoms with Gasteiger partial charge in [-0.15, -0.1) is 0 Å². The molecule has 3 aliphatic rings. The number of hydrogen-bond acceptors (Lipinski definition) is 7. The van der Waals surface area contributed by atoms with Gasteiger partial charge in [0.05, 0.1) is 16.3 Å². The van der Waals surface area contributed by atoms with Gasteiger partial charge in [-0.05, 0) is 60.5 Å². The molecule has 1 N–H and O–H groups in total. The fraction of sp³-hybridized carbons (Fsp3) is 0.333. The number of piperazine rings is 1. The first-order chi connectivity index (χ1) is 21.2. The number of benzene rings is 3. The maximum Gasteiger partial charge on any atom is 0.335 e. The summed E-state index contributed by atoms with van der Waals surface area (Å²) in [5.41, 5.74) is 4.12. The predicted octanol–water partition coefficient (Wildman–Crippen LogP) is 4.36. The van der Waals surface area contributed by atoms with Gasteiger partial charge in [0.1, 0.15) is 6.04 Å². The van der Waals surface area contributed by atoms with Crippen LogP contribution in [-0.2, 0) is 27.3 Å². The van der Waals surface area contributed by atoms with Gasteiger partial charge in [-0.1, -0.05) is 47.1 Å². The summed E-state index contributed by atoms with van der Waals surface area (Å²) < 4.78 is 14.7. The lowest BCUT2D eigenvalue weighted by molar-refractivity contribution is -0.149. The number of ketones is 1. The van der Waals surface area contributed by atoms with E-state index in [2.05, 4.69) is 28.1 Å². The maximum atomic E-state index is 14.7. The van der Waals surface area contributed by atoms with Gasteiger partial charge in [0.2, 0.25) is 6.10 Å². The van der Waals surface area contributed by atoms with E-state index in [1.165, 1.54) is 24.3 Å². The fourth-order valence-electron chi connectivity index (χ4n) is 6.22. The number of fused-ring (bicyclic) bond motifs is 1. The van der Waals surface area contributed by atoms with Crippen molar-refractivity contribution >= 4 is 40.7 Å². The van der Waals surface area contributed by atoms with Crippen LogP contribution in [0, 0.1) is 5.82 Å². The molecule has 0 bridgehead atoms. The van der Waals surface area contributed by atoms with E-state index in [1.807, 2.05) is 12.1 Å². The van der Waals surface area contributed by atoms with Crippen LogP contribution in [0.15, 0.2) is 65.8 Å². The minimum Gasteiger partial charge on any atom is -0.478 e. The van der Waals surface area contributed by atoms with Crippen LogP contribution in [0.4, 0.5) is 10.1 Å². The number of halogens is 2. The largest absolute Gasteiger partial charge is 0.478 e. The molecule has 3 aromatic carbocycles. The van der Waals surface area contributed by atoms with E-state index in [1.54, 1.807) is 23.1 Å². The molecule has 3 heterocycles. The zero-order chi connectivity index (χ0) is 31.0. The molecule has 1 amide bonds. The lowest BCUT2D eigenvalue weighted by Crippen LogP contribution is -2.49. The van der Waals surface area contributed by atoms with Gasteiger partial charge in [-0.25, -0.2) is 9.18 Å². The van der Waals surface area contributed by atoms with Crippen LogP contribution in [0.1, 0.15) is 45.1 Å². The van der Waals surface area contributed by atoms with Crippen LogP contribution < -0.4 is 4.90 Å². The second-order valence-corrected chi connectivity index (χ2v) is 11.8. The lowest BCUT2D eigenvalue weighted by atomic mass is 9.86. The molecule has 6 rings (SSSR count). The third-order valence-electron chi connectivity index (χ3n) is 8.61. The van der Waals surface area contributed by atoms with Crippen molar-refractivity contribution in [1.82, 2.24) is 9.80 Å². The van der Waals surface area contributed by atoms with Crippen LogP contribution >= 0.6 is 11.6 Å². The lowest BCUT2D eigenvalue weighted by Gasteiger charge is -2.41. The van der Waals surface area contributed by atoms with Crippen LogP contribution in [0.5, 0.6) is 0 Å². The number of hydrogen-bond donors (Lipinski definition) is 1. The average Bonchev–Trinajstić information content (AvgIpc) is 3.52. The van der Waals surface area contributed by atoms with Gasteiger partial charge in [0.25, 0.3) is 5.91 Å². The molecule has 0 aliphatic carbocycles. The van der Waals surface area contributed by atoms with Crippen molar-refractivity contribution in [3.63, 3.8) is 0 Å². The Morgan fingerprint density at radius 2 is 1.73 bits per heavy atom. The SMILES string of the molecule is CN1CCN(c2cccc3c2CCN(C(=O)C2CC(c4cccc(Cl)c4F)=NO2)C3C(=O)Cc2ccc(C(=O)O)cc2)CC1. The molecule has 0 radical (unpaired) electrons. The number of oxime groups is 1. The van der Waals surface area contributed by atoms with Crippen molar-refractivity contribution in [3.8, 4) is 0 Å². The number of anilines is 1. The van der Waals surface area contributed by atoms with Crippen molar-refractivity contribution < 1.29 is 28.7 Å². The van der Waals surface area contributed by atoms with E-state index >= 15 is 0 Å². The van der Waals surface area contributed by atoms with Crippen LogP contribution in [0.25, 0.3) is 0 Å². The monoisotopic (exact) mass is 618 g/mol. The summed E-state index contributed by atoms with van der Waals surface area (Å²) in [6.45, 7) is 3.88. The second-order valence-electron chi connectivity index (χ2n) is 11.4. The Kier molecular flexibility index (Phi) is 8.38. The molecule has 1 saturated heterocycles. The number of rotatable bonds is 7. The molecular formula is C33H32ClFN4O5. The fourth-order valence-corrected chi connectivity index (χ4v) is 6.40. The number of amides is 1. The van der Waals surface area contributed by atoms with Gasteiger partial charge < -0.3 is 24.6 Å². The Morgan fingerprint density at radius 1 is 1.00 bits per heavy atom. The number of aromatic carboxylic acids is 1. The minimum atomic E-state index is -1.05. The minimum absolute atomic E-state index is 0.00746. The molecule has 9 nitrogen and oxygen atoms in total. The zero-order valence-corrected chi connectivity index (χ0v) is 25.0. The number of Topliss-reactive ketones (excluding diaryl/α,β-unsaturated/α-hetero) is 1. The Balaban J connectivity index is 1.30. The number of nitrogens with zero attached hydrogens (tertiary/aromatic N) is 4. The molecular weight excluding hydrogens is 587 g/mol. The average molecular weight is 619 g/mol. The molecule has 2 atom stereocenters. The highest BCUT2D eigenvalue weighted by Gasteiger charge is 2.42. The van der Waals surface area contributed by atoms with Gasteiger partial charge in [0.15, 0.2) is 11.6 Å². The molecule has 3 aromatic rings. The van der Waals surface area contributed by atoms with Crippen molar-refractivity contribution in [2.75, 3.05) is 44.7 Å². The van der Waals surface area contributed by atoms with E-state index in [4.69, 9.17) is 16.4 Å². The van der Waals surface area contributed by atoms with E-state index < -0.39 is 29.8 Å². The van der Waals surface area contributed by atoms with E-state index in [9.17, 15) is 23.9 Å². The predicted molar refractivity (Wildman–Crippen MR) is 164 cm³/mol. The highest BCUT2D eigenvalue weighted by atomic mass is 35.5. The number of carboxylic acid groups (broad SMARTS) is 1. The van der Waals surface area contributed by atoms with Crippen molar-refractivity contribution in [2.24, 2.45) is 5.16 Å². The molecule has 44 heavy (non-hydrogen) atoms. The highest BCUT2D eigenvalue weighted by molar-refractivity contribution is 6.31. The molecule has 0 spiro atoms. The van der Waals surface area contributed by atoms with E-state index in [0.717, 1.165) is 43.0 Å². The Hall–Kier alpha value is -4.28. The third kappa shape index (κ3) is 5.79. The summed E-state index contributed by atoms with van der Waals surface area (Å²) in [6.07, 6.45) is -0.411. The third-order valence-corrected chi connectivity index (χ3v) is 8.91. The standard InChI is InChI=1S/C33H32ClFN4O5/c1-37-14-16-38(17-15-37)27-7-3-4-23-22(27)12-13-39(31(23)28(40)18-20-8-10-21(11-9-20)33(42)43)32(41)29-19-26(36-44-29)24-5-2-6-25(34)30(24)35/h2-11,29,31H,12-19H2,1H3,(H,42,43). The first-order valence-electron chi connectivity index (χ1n) is 14.6. The Morgan fingerprint density at radius 3 is 2.45 bits per heavy atom. The molecule has 0 saturated carbocycles. The molecule has 0 aromatic heterocycles. The van der Waals surface area contributed by atoms with Gasteiger partial charge in [0, 0.05) is 56.8 Å². The van der Waals surface area contributed by atoms with Crippen molar-refractivity contribution in [1.29, 1.82) is 0 Å². The maximum absolute atomic E-state index is 14.7. The van der Waals surface area contributed by atoms with Crippen LogP contribution in [0.3, 0.4) is 0 Å². The number of carboxylic acids is 1. The second kappa shape index (κ2) is 12.4. The number of likely N-dealkylation sites (N-methyl/N-ethyl adjacent to an activating group) is 1. The molecule has 11 heteroatoms. The first kappa shape index (κ1) is 29.8. The number of carbonyl (C=O) groups excluding carboxylic acids is 2. The van der Waals surface area contributed by atoms with Crippen molar-refractivity contribution in [3.05, 3.63) is 99.3 Å². The first-order valence-corrected chi connectivity index (χ1v) is 15.0. The Labute approximate surface area is 259 Å². The summed E-state index contributed by atoms with van der Waals surface area (Å²) in [5, 5.41) is 13.2. The number of carbonyl (C=O) groups is 3. The summed E-state index contributed by atoms with van der Waals surface area (Å²) in [5.74, 6) is -2.28. The normalized spacial score (nSPS) is 20.1. The van der Waals surface area contributed by atoms with Gasteiger partial charge in [-0.3, -0.25) is 9.59 Å². The van der Waals surface area contributed by atoms with Crippen LogP contribution in [-0.4, -0.2) is 84.2 Å². The quantitative estimate of drug-likeness (QED) is 0.420. The highest BCUT2D eigenvalue weighted by Crippen LogP contribution is 2.38. The zero-order valence-electron chi connectivity index (χ0n) is 24.2. The summed E-state index contributed by atoms with van der Waals surface area (Å²) in [7, 11) is 2.10.